The molecule has 0 aliphatic rings. The van der Waals surface area contributed by atoms with Gasteiger partial charge in [0.1, 0.15) is 12.4 Å². The lowest BCUT2D eigenvalue weighted by Gasteiger charge is -2.17. The van der Waals surface area contributed by atoms with Crippen LogP contribution in [-0.2, 0) is 9.59 Å². The Hall–Kier alpha value is -2.22. The molecule has 27 heavy (non-hydrogen) atoms. The van der Waals surface area contributed by atoms with Crippen molar-refractivity contribution >= 4 is 40.9 Å². The molecule has 0 saturated carbocycles. The van der Waals surface area contributed by atoms with E-state index in [0.29, 0.717) is 23.9 Å². The van der Waals surface area contributed by atoms with Crippen LogP contribution in [0.3, 0.4) is 0 Å². The van der Waals surface area contributed by atoms with Crippen molar-refractivity contribution in [2.45, 2.75) is 4.90 Å². The van der Waals surface area contributed by atoms with Gasteiger partial charge in [-0.05, 0) is 43.4 Å². The van der Waals surface area contributed by atoms with Crippen LogP contribution >= 0.6 is 23.4 Å². The van der Waals surface area contributed by atoms with Crippen molar-refractivity contribution in [3.05, 3.63) is 53.6 Å². The Labute approximate surface area is 168 Å². The summed E-state index contributed by atoms with van der Waals surface area (Å²) in [6.07, 6.45) is 0. The van der Waals surface area contributed by atoms with Crippen LogP contribution in [0.5, 0.6) is 5.75 Å². The topological polar surface area (TPSA) is 84.7 Å². The molecular weight excluding hydrogens is 386 g/mol. The van der Waals surface area contributed by atoms with Gasteiger partial charge in [0.05, 0.1) is 18.0 Å². The molecule has 2 rings (SSSR count). The number of amides is 2. The number of hydrogen-bond acceptors (Lipinski definition) is 5. The molecule has 6 nitrogen and oxygen atoms in total. The number of primary amides is 1. The van der Waals surface area contributed by atoms with Crippen LogP contribution in [-0.4, -0.2) is 49.2 Å². The van der Waals surface area contributed by atoms with Crippen LogP contribution in [0.25, 0.3) is 0 Å². The highest BCUT2D eigenvalue weighted by molar-refractivity contribution is 8.00. The van der Waals surface area contributed by atoms with Gasteiger partial charge < -0.3 is 15.8 Å². The number of carbonyl (C=O) groups excluding carboxylic acids is 2. The number of rotatable bonds is 10. The van der Waals surface area contributed by atoms with Gasteiger partial charge in [-0.2, -0.15) is 0 Å². The van der Waals surface area contributed by atoms with Crippen LogP contribution < -0.4 is 15.8 Å². The summed E-state index contributed by atoms with van der Waals surface area (Å²) in [5.74, 6) is 0.352. The van der Waals surface area contributed by atoms with Crippen molar-refractivity contribution in [2.75, 3.05) is 37.8 Å². The van der Waals surface area contributed by atoms with Crippen LogP contribution in [0.1, 0.15) is 0 Å². The molecule has 0 aromatic heterocycles. The number of nitrogens with zero attached hydrogens (tertiary/aromatic N) is 1. The number of likely N-dealkylation sites (N-methyl/N-ethyl adjacent to an activating group) is 1. The summed E-state index contributed by atoms with van der Waals surface area (Å²) in [5.41, 5.74) is 5.85. The van der Waals surface area contributed by atoms with Crippen LogP contribution in [0, 0.1) is 0 Å². The smallest absolute Gasteiger partial charge is 0.238 e. The average Bonchev–Trinajstić information content (AvgIpc) is 2.62. The maximum atomic E-state index is 12.3. The van der Waals surface area contributed by atoms with Crippen molar-refractivity contribution in [3.63, 3.8) is 0 Å². The first-order valence-electron chi connectivity index (χ1n) is 8.31. The Morgan fingerprint density at radius 3 is 2.59 bits per heavy atom. The highest BCUT2D eigenvalue weighted by Crippen LogP contribution is 2.26. The lowest BCUT2D eigenvalue weighted by Crippen LogP contribution is -2.33. The Morgan fingerprint density at radius 2 is 1.89 bits per heavy atom. The highest BCUT2D eigenvalue weighted by Gasteiger charge is 2.10. The predicted octanol–water partition coefficient (Wildman–Crippen LogP) is 2.87. The average molecular weight is 408 g/mol. The van der Waals surface area contributed by atoms with Gasteiger partial charge in [0.15, 0.2) is 0 Å². The first-order valence-corrected chi connectivity index (χ1v) is 9.67. The summed E-state index contributed by atoms with van der Waals surface area (Å²) in [4.78, 5) is 25.9. The largest absolute Gasteiger partial charge is 0.492 e. The number of anilines is 1. The third-order valence-electron chi connectivity index (χ3n) is 3.50. The summed E-state index contributed by atoms with van der Waals surface area (Å²) >= 11 is 7.13. The third-order valence-corrected chi connectivity index (χ3v) is 4.85. The zero-order chi connectivity index (χ0) is 19.6. The van der Waals surface area contributed by atoms with Crippen molar-refractivity contribution in [1.82, 2.24) is 4.90 Å². The molecule has 2 aromatic carbocycles. The molecule has 3 N–H and O–H groups in total. The van der Waals surface area contributed by atoms with Gasteiger partial charge >= 0.3 is 0 Å². The number of ether oxygens (including phenoxy) is 1. The third kappa shape index (κ3) is 7.90. The van der Waals surface area contributed by atoms with Crippen LogP contribution in [0.15, 0.2) is 53.4 Å². The molecule has 8 heteroatoms. The second-order valence-electron chi connectivity index (χ2n) is 5.84. The standard InChI is InChI=1S/C19H22ClN3O3S/c1-23(10-11-26-15-8-6-14(20)7-9-15)12-19(25)22-16-4-2-3-5-17(16)27-13-18(21)24/h2-9H,10-13H2,1H3,(H2,21,24)(H,22,25). The Morgan fingerprint density at radius 1 is 1.19 bits per heavy atom. The van der Waals surface area contributed by atoms with Gasteiger partial charge in [-0.15, -0.1) is 11.8 Å². The first kappa shape index (κ1) is 21.1. The quantitative estimate of drug-likeness (QED) is 0.591. The van der Waals surface area contributed by atoms with Crippen molar-refractivity contribution in [2.24, 2.45) is 5.73 Å². The maximum Gasteiger partial charge on any atom is 0.238 e. The molecule has 0 radical (unpaired) electrons. The zero-order valence-electron chi connectivity index (χ0n) is 15.0. The molecule has 0 saturated heterocycles. The number of benzene rings is 2. The van der Waals surface area contributed by atoms with Gasteiger partial charge in [-0.25, -0.2) is 0 Å². The van der Waals surface area contributed by atoms with E-state index in [2.05, 4.69) is 5.32 Å². The molecule has 2 aromatic rings. The molecule has 0 unspecified atom stereocenters. The van der Waals surface area contributed by atoms with Gasteiger partial charge in [-0.1, -0.05) is 23.7 Å². The molecule has 0 aliphatic heterocycles. The van der Waals surface area contributed by atoms with E-state index in [9.17, 15) is 9.59 Å². The lowest BCUT2D eigenvalue weighted by molar-refractivity contribution is -0.117. The molecule has 0 atom stereocenters. The summed E-state index contributed by atoms with van der Waals surface area (Å²) in [7, 11) is 1.85. The predicted molar refractivity (Wildman–Crippen MR) is 109 cm³/mol. The summed E-state index contributed by atoms with van der Waals surface area (Å²) in [6.45, 7) is 1.27. The van der Waals surface area contributed by atoms with E-state index in [-0.39, 0.29) is 18.2 Å². The molecule has 0 bridgehead atoms. The minimum absolute atomic E-state index is 0.142. The molecule has 0 heterocycles. The van der Waals surface area contributed by atoms with Gasteiger partial charge in [0.25, 0.3) is 0 Å². The monoisotopic (exact) mass is 407 g/mol. The van der Waals surface area contributed by atoms with E-state index in [0.717, 1.165) is 10.6 Å². The summed E-state index contributed by atoms with van der Waals surface area (Å²) < 4.78 is 5.63. The van der Waals surface area contributed by atoms with E-state index in [1.54, 1.807) is 30.3 Å². The number of halogens is 1. The molecule has 2 amide bonds. The Kier molecular flexibility index (Phi) is 8.44. The van der Waals surface area contributed by atoms with E-state index in [1.807, 2.05) is 30.1 Å². The SMILES string of the molecule is CN(CCOc1ccc(Cl)cc1)CC(=O)Nc1ccccc1SCC(N)=O. The fraction of sp³-hybridized carbons (Fsp3) is 0.263. The normalized spacial score (nSPS) is 10.6. The van der Waals surface area contributed by atoms with Crippen molar-refractivity contribution in [3.8, 4) is 5.75 Å². The number of nitrogens with two attached hydrogens (primary N) is 1. The maximum absolute atomic E-state index is 12.3. The van der Waals surface area contributed by atoms with E-state index < -0.39 is 5.91 Å². The van der Waals surface area contributed by atoms with E-state index >= 15 is 0 Å². The fourth-order valence-electron chi connectivity index (χ4n) is 2.21. The number of hydrogen-bond donors (Lipinski definition) is 2. The van der Waals surface area contributed by atoms with E-state index in [4.69, 9.17) is 22.1 Å². The molecular formula is C19H22ClN3O3S. The zero-order valence-corrected chi connectivity index (χ0v) is 16.6. The minimum Gasteiger partial charge on any atom is -0.492 e. The van der Waals surface area contributed by atoms with Crippen molar-refractivity contribution in [1.29, 1.82) is 0 Å². The van der Waals surface area contributed by atoms with Crippen LogP contribution in [0.4, 0.5) is 5.69 Å². The second kappa shape index (κ2) is 10.8. The number of carbonyl (C=O) groups is 2. The number of nitrogens with one attached hydrogen (secondary N) is 1. The molecule has 0 spiro atoms. The second-order valence-corrected chi connectivity index (χ2v) is 7.29. The van der Waals surface area contributed by atoms with Gasteiger partial charge in [-0.3, -0.25) is 14.5 Å². The Balaban J connectivity index is 1.77. The van der Waals surface area contributed by atoms with E-state index in [1.165, 1.54) is 11.8 Å². The highest BCUT2D eigenvalue weighted by atomic mass is 35.5. The summed E-state index contributed by atoms with van der Waals surface area (Å²) in [5, 5.41) is 3.53. The van der Waals surface area contributed by atoms with Gasteiger partial charge in [0, 0.05) is 16.5 Å². The molecule has 0 fully saturated rings. The minimum atomic E-state index is -0.401. The van der Waals surface area contributed by atoms with Crippen molar-refractivity contribution < 1.29 is 14.3 Å². The lowest BCUT2D eigenvalue weighted by atomic mass is 10.3. The van der Waals surface area contributed by atoms with Crippen LogP contribution in [0.2, 0.25) is 5.02 Å². The fourth-order valence-corrected chi connectivity index (χ4v) is 3.08. The van der Waals surface area contributed by atoms with Gasteiger partial charge in [0.2, 0.25) is 11.8 Å². The molecule has 144 valence electrons. The first-order chi connectivity index (χ1) is 12.9. The number of thioether (sulfide) groups is 1. The summed E-state index contributed by atoms with van der Waals surface area (Å²) in [6, 6.07) is 14.4. The Bertz CT molecular complexity index is 771. The molecule has 0 aliphatic carbocycles. The number of para-hydroxylation sites is 1.